The molecule has 0 aromatic carbocycles. The topological polar surface area (TPSA) is 58.8 Å². The molecule has 0 bridgehead atoms. The number of hydrogen-bond acceptors (Lipinski definition) is 4. The van der Waals surface area contributed by atoms with E-state index in [1.54, 1.807) is 0 Å². The smallest absolute Gasteiger partial charge is 0.239 e. The summed E-state index contributed by atoms with van der Waals surface area (Å²) >= 11 is 4.98. The van der Waals surface area contributed by atoms with Crippen molar-refractivity contribution < 1.29 is 9.53 Å². The molecule has 0 aliphatic carbocycles. The van der Waals surface area contributed by atoms with Crippen molar-refractivity contribution in [2.45, 2.75) is 38.3 Å². The maximum atomic E-state index is 12.5. The molecule has 2 atom stereocenters. The lowest BCUT2D eigenvalue weighted by molar-refractivity contribution is -0.139. The summed E-state index contributed by atoms with van der Waals surface area (Å²) < 4.78 is 5.51. The van der Waals surface area contributed by atoms with Crippen LogP contribution in [0.1, 0.15) is 26.2 Å². The van der Waals surface area contributed by atoms with Crippen LogP contribution in [0.4, 0.5) is 0 Å². The molecule has 0 radical (unpaired) electrons. The van der Waals surface area contributed by atoms with Crippen molar-refractivity contribution in [1.29, 1.82) is 0 Å². The van der Waals surface area contributed by atoms with Crippen LogP contribution < -0.4 is 5.73 Å². The second kappa shape index (κ2) is 6.63. The Morgan fingerprint density at radius 2 is 2.00 bits per heavy atom. The van der Waals surface area contributed by atoms with Crippen LogP contribution in [0.5, 0.6) is 0 Å². The second-order valence-electron chi connectivity index (χ2n) is 5.32. The van der Waals surface area contributed by atoms with Crippen molar-refractivity contribution in [2.75, 3.05) is 32.8 Å². The molecule has 1 amide bonds. The van der Waals surface area contributed by atoms with Crippen LogP contribution in [0.3, 0.4) is 0 Å². The Kier molecular flexibility index (Phi) is 5.13. The SMILES string of the molecule is CC(C(=O)N1CCCCC1)N1CCOC(C(N)=S)C1. The van der Waals surface area contributed by atoms with Gasteiger partial charge in [-0.3, -0.25) is 9.69 Å². The van der Waals surface area contributed by atoms with Crippen LogP contribution in [-0.4, -0.2) is 65.6 Å². The lowest BCUT2D eigenvalue weighted by atomic mass is 10.1. The molecule has 2 unspecified atom stereocenters. The molecule has 19 heavy (non-hydrogen) atoms. The Morgan fingerprint density at radius 3 is 2.63 bits per heavy atom. The second-order valence-corrected chi connectivity index (χ2v) is 5.79. The van der Waals surface area contributed by atoms with Gasteiger partial charge in [0.15, 0.2) is 0 Å². The zero-order valence-corrected chi connectivity index (χ0v) is 12.3. The van der Waals surface area contributed by atoms with Gasteiger partial charge in [-0.15, -0.1) is 0 Å². The van der Waals surface area contributed by atoms with Gasteiger partial charge in [-0.1, -0.05) is 12.2 Å². The van der Waals surface area contributed by atoms with Gasteiger partial charge in [0.05, 0.1) is 12.6 Å². The number of nitrogens with two attached hydrogens (primary N) is 1. The van der Waals surface area contributed by atoms with Gasteiger partial charge in [0.25, 0.3) is 0 Å². The van der Waals surface area contributed by atoms with E-state index < -0.39 is 0 Å². The monoisotopic (exact) mass is 285 g/mol. The van der Waals surface area contributed by atoms with Gasteiger partial charge in [0.1, 0.15) is 11.1 Å². The molecule has 5 nitrogen and oxygen atoms in total. The molecule has 2 heterocycles. The minimum Gasteiger partial charge on any atom is -0.391 e. The molecule has 2 saturated heterocycles. The predicted molar refractivity (Wildman–Crippen MR) is 78.0 cm³/mol. The highest BCUT2D eigenvalue weighted by Gasteiger charge is 2.31. The average Bonchev–Trinajstić information content (AvgIpc) is 2.46. The number of nitrogens with zero attached hydrogens (tertiary/aromatic N) is 2. The summed E-state index contributed by atoms with van der Waals surface area (Å²) in [6.07, 6.45) is 3.26. The van der Waals surface area contributed by atoms with E-state index in [0.29, 0.717) is 18.1 Å². The van der Waals surface area contributed by atoms with Crippen molar-refractivity contribution in [3.05, 3.63) is 0 Å². The number of piperidine rings is 1. The van der Waals surface area contributed by atoms with Crippen molar-refractivity contribution >= 4 is 23.1 Å². The van der Waals surface area contributed by atoms with Crippen molar-refractivity contribution in [2.24, 2.45) is 5.73 Å². The van der Waals surface area contributed by atoms with Gasteiger partial charge >= 0.3 is 0 Å². The van der Waals surface area contributed by atoms with Gasteiger partial charge < -0.3 is 15.4 Å². The van der Waals surface area contributed by atoms with E-state index in [0.717, 1.165) is 32.5 Å². The van der Waals surface area contributed by atoms with Gasteiger partial charge in [0.2, 0.25) is 5.91 Å². The van der Waals surface area contributed by atoms with Crippen LogP contribution in [0, 0.1) is 0 Å². The van der Waals surface area contributed by atoms with Gasteiger partial charge in [0, 0.05) is 26.2 Å². The molecule has 0 aromatic heterocycles. The fourth-order valence-corrected chi connectivity index (χ4v) is 2.87. The fourth-order valence-electron chi connectivity index (χ4n) is 2.73. The summed E-state index contributed by atoms with van der Waals surface area (Å²) in [7, 11) is 0. The quantitative estimate of drug-likeness (QED) is 0.760. The van der Waals surface area contributed by atoms with Crippen LogP contribution in [0.15, 0.2) is 0 Å². The van der Waals surface area contributed by atoms with Gasteiger partial charge in [-0.2, -0.15) is 0 Å². The van der Waals surface area contributed by atoms with Crippen molar-refractivity contribution in [1.82, 2.24) is 9.80 Å². The number of carbonyl (C=O) groups is 1. The summed E-state index contributed by atoms with van der Waals surface area (Å²) in [6, 6.07) is -0.112. The Hall–Kier alpha value is -0.720. The first-order chi connectivity index (χ1) is 9.09. The first-order valence-electron chi connectivity index (χ1n) is 7.03. The standard InChI is InChI=1S/C13H23N3O2S/c1-10(13(17)15-5-3-2-4-6-15)16-7-8-18-11(9-16)12(14)19/h10-11H,2-9H2,1H3,(H2,14,19). The molecule has 2 aliphatic rings. The van der Waals surface area contributed by atoms with Crippen LogP contribution >= 0.6 is 12.2 Å². The minimum absolute atomic E-state index is 0.112. The predicted octanol–water partition coefficient (Wildman–Crippen LogP) is 0.374. The van der Waals surface area contributed by atoms with E-state index in [1.165, 1.54) is 6.42 Å². The molecule has 0 saturated carbocycles. The molecule has 6 heteroatoms. The molecule has 108 valence electrons. The number of hydrogen-bond donors (Lipinski definition) is 1. The largest absolute Gasteiger partial charge is 0.391 e. The third kappa shape index (κ3) is 3.64. The normalized spacial score (nSPS) is 27.0. The fraction of sp³-hybridized carbons (Fsp3) is 0.846. The van der Waals surface area contributed by atoms with E-state index in [2.05, 4.69) is 4.90 Å². The Labute approximate surface area is 120 Å². The Morgan fingerprint density at radius 1 is 1.32 bits per heavy atom. The Bertz CT molecular complexity index is 345. The number of carbonyl (C=O) groups excluding carboxylic acids is 1. The average molecular weight is 285 g/mol. The molecule has 2 rings (SSSR count). The summed E-state index contributed by atoms with van der Waals surface area (Å²) in [4.78, 5) is 16.9. The van der Waals surface area contributed by atoms with Crippen LogP contribution in [-0.2, 0) is 9.53 Å². The first kappa shape index (κ1) is 14.7. The highest BCUT2D eigenvalue weighted by atomic mass is 32.1. The molecular formula is C13H23N3O2S. The Balaban J connectivity index is 1.92. The number of amides is 1. The number of thiocarbonyl (C=S) groups is 1. The summed E-state index contributed by atoms with van der Waals surface area (Å²) in [5.74, 6) is 0.225. The van der Waals surface area contributed by atoms with Crippen LogP contribution in [0.25, 0.3) is 0 Å². The van der Waals surface area contributed by atoms with Crippen LogP contribution in [0.2, 0.25) is 0 Å². The number of rotatable bonds is 3. The molecule has 2 N–H and O–H groups in total. The molecule has 0 spiro atoms. The van der Waals surface area contributed by atoms with Gasteiger partial charge in [-0.05, 0) is 26.2 Å². The number of likely N-dealkylation sites (tertiary alicyclic amines) is 1. The van der Waals surface area contributed by atoms with Crippen molar-refractivity contribution in [3.8, 4) is 0 Å². The third-order valence-electron chi connectivity index (χ3n) is 3.99. The number of ether oxygens (including phenoxy) is 1. The zero-order valence-electron chi connectivity index (χ0n) is 11.5. The first-order valence-corrected chi connectivity index (χ1v) is 7.44. The van der Waals surface area contributed by atoms with E-state index in [-0.39, 0.29) is 18.1 Å². The maximum Gasteiger partial charge on any atom is 0.239 e. The minimum atomic E-state index is -0.222. The van der Waals surface area contributed by atoms with Gasteiger partial charge in [-0.25, -0.2) is 0 Å². The number of morpholine rings is 1. The van der Waals surface area contributed by atoms with Crippen molar-refractivity contribution in [3.63, 3.8) is 0 Å². The summed E-state index contributed by atoms with van der Waals surface area (Å²) in [5.41, 5.74) is 5.63. The molecule has 2 aliphatic heterocycles. The lowest BCUT2D eigenvalue weighted by Gasteiger charge is -2.38. The molecule has 0 aromatic rings. The summed E-state index contributed by atoms with van der Waals surface area (Å²) in [5, 5.41) is 0. The van der Waals surface area contributed by atoms with E-state index in [9.17, 15) is 4.79 Å². The van der Waals surface area contributed by atoms with E-state index >= 15 is 0 Å². The maximum absolute atomic E-state index is 12.5. The molecule has 2 fully saturated rings. The highest BCUT2D eigenvalue weighted by Crippen LogP contribution is 2.15. The third-order valence-corrected chi connectivity index (χ3v) is 4.25. The lowest BCUT2D eigenvalue weighted by Crippen LogP contribution is -2.55. The highest BCUT2D eigenvalue weighted by molar-refractivity contribution is 7.80. The molecular weight excluding hydrogens is 262 g/mol. The zero-order chi connectivity index (χ0) is 13.8. The van der Waals surface area contributed by atoms with E-state index in [4.69, 9.17) is 22.7 Å². The summed E-state index contributed by atoms with van der Waals surface area (Å²) in [6.45, 7) is 5.73. The van der Waals surface area contributed by atoms with E-state index in [1.807, 2.05) is 11.8 Å².